The summed E-state index contributed by atoms with van der Waals surface area (Å²) in [6.07, 6.45) is -0.599. The summed E-state index contributed by atoms with van der Waals surface area (Å²) < 4.78 is 4.52. The SMILES string of the molecule is COC(=O)C1CC(c2ccccc2)=[N+]([O-])O1. The van der Waals surface area contributed by atoms with Crippen molar-refractivity contribution < 1.29 is 19.3 Å². The summed E-state index contributed by atoms with van der Waals surface area (Å²) >= 11 is 0. The zero-order chi connectivity index (χ0) is 11.5. The third-order valence-electron chi connectivity index (χ3n) is 2.39. The molecule has 84 valence electrons. The van der Waals surface area contributed by atoms with Crippen LogP contribution in [0.25, 0.3) is 0 Å². The number of esters is 1. The van der Waals surface area contributed by atoms with Crippen LogP contribution in [0.15, 0.2) is 30.3 Å². The summed E-state index contributed by atoms with van der Waals surface area (Å²) in [5, 5.41) is 11.5. The molecule has 0 aliphatic carbocycles. The second-order valence-electron chi connectivity index (χ2n) is 3.39. The van der Waals surface area contributed by atoms with Crippen molar-refractivity contribution in [3.63, 3.8) is 0 Å². The molecular weight excluding hydrogens is 210 g/mol. The lowest BCUT2D eigenvalue weighted by Crippen LogP contribution is -2.23. The Balaban J connectivity index is 2.19. The topological polar surface area (TPSA) is 61.6 Å². The molecule has 1 aromatic carbocycles. The zero-order valence-electron chi connectivity index (χ0n) is 8.75. The number of carbonyl (C=O) groups is 1. The predicted octanol–water partition coefficient (Wildman–Crippen LogP) is 0.863. The fourth-order valence-corrected chi connectivity index (χ4v) is 1.58. The highest BCUT2D eigenvalue weighted by molar-refractivity contribution is 6.00. The maximum atomic E-state index is 11.5. The van der Waals surface area contributed by atoms with Gasteiger partial charge in [-0.25, -0.2) is 0 Å². The fraction of sp³-hybridized carbons (Fsp3) is 0.273. The largest absolute Gasteiger partial charge is 0.468 e. The van der Waals surface area contributed by atoms with Crippen LogP contribution in [0.1, 0.15) is 12.0 Å². The first-order valence-corrected chi connectivity index (χ1v) is 4.85. The Morgan fingerprint density at radius 1 is 1.50 bits per heavy atom. The van der Waals surface area contributed by atoms with Crippen molar-refractivity contribution in [2.75, 3.05) is 7.11 Å². The Kier molecular flexibility index (Phi) is 2.76. The maximum Gasteiger partial charge on any atom is 0.325 e. The number of hydrogen-bond acceptors (Lipinski definition) is 4. The molecule has 2 rings (SSSR count). The van der Waals surface area contributed by atoms with Crippen LogP contribution in [0, 0.1) is 5.21 Å². The van der Waals surface area contributed by atoms with Crippen molar-refractivity contribution in [3.8, 4) is 0 Å². The smallest absolute Gasteiger partial charge is 0.325 e. The van der Waals surface area contributed by atoms with Crippen LogP contribution in [0.5, 0.6) is 0 Å². The minimum atomic E-state index is -0.835. The van der Waals surface area contributed by atoms with Crippen LogP contribution in [-0.4, -0.2) is 29.8 Å². The number of carbonyl (C=O) groups excluding carboxylic acids is 1. The molecule has 1 heterocycles. The molecule has 0 bridgehead atoms. The molecule has 1 atom stereocenters. The van der Waals surface area contributed by atoms with E-state index in [1.807, 2.05) is 18.2 Å². The molecule has 0 saturated carbocycles. The molecule has 0 amide bonds. The van der Waals surface area contributed by atoms with Crippen LogP contribution in [0.4, 0.5) is 0 Å². The molecule has 1 unspecified atom stereocenters. The van der Waals surface area contributed by atoms with Crippen LogP contribution in [-0.2, 0) is 14.4 Å². The quantitative estimate of drug-likeness (QED) is 0.549. The monoisotopic (exact) mass is 221 g/mol. The highest BCUT2D eigenvalue weighted by Crippen LogP contribution is 2.16. The number of methoxy groups -OCH3 is 1. The first kappa shape index (κ1) is 10.5. The van der Waals surface area contributed by atoms with Crippen LogP contribution in [0.3, 0.4) is 0 Å². The van der Waals surface area contributed by atoms with E-state index in [0.29, 0.717) is 10.6 Å². The molecule has 1 aliphatic rings. The van der Waals surface area contributed by atoms with Gasteiger partial charge in [-0.15, -0.1) is 0 Å². The minimum Gasteiger partial charge on any atom is -0.468 e. The van der Waals surface area contributed by atoms with Crippen molar-refractivity contribution >= 4 is 11.7 Å². The molecule has 1 aliphatic heterocycles. The van der Waals surface area contributed by atoms with Crippen molar-refractivity contribution in [2.24, 2.45) is 0 Å². The van der Waals surface area contributed by atoms with Gasteiger partial charge in [0.2, 0.25) is 0 Å². The number of benzene rings is 1. The molecule has 1 aromatic rings. The van der Waals surface area contributed by atoms with Crippen LogP contribution in [0.2, 0.25) is 0 Å². The normalized spacial score (nSPS) is 19.4. The van der Waals surface area contributed by atoms with E-state index in [-0.39, 0.29) is 6.42 Å². The van der Waals surface area contributed by atoms with Gasteiger partial charge >= 0.3 is 5.97 Å². The summed E-state index contributed by atoms with van der Waals surface area (Å²) in [5.41, 5.74) is 1.19. The first-order valence-electron chi connectivity index (χ1n) is 4.85. The third kappa shape index (κ3) is 1.84. The average molecular weight is 221 g/mol. The van der Waals surface area contributed by atoms with Gasteiger partial charge in [-0.1, -0.05) is 18.2 Å². The van der Waals surface area contributed by atoms with E-state index >= 15 is 0 Å². The summed E-state index contributed by atoms with van der Waals surface area (Å²) in [7, 11) is 1.27. The molecule has 0 spiro atoms. The number of hydrogen-bond donors (Lipinski definition) is 0. The lowest BCUT2D eigenvalue weighted by Gasteiger charge is -2.07. The van der Waals surface area contributed by atoms with E-state index in [0.717, 1.165) is 5.56 Å². The van der Waals surface area contributed by atoms with Crippen LogP contribution >= 0.6 is 0 Å². The van der Waals surface area contributed by atoms with Gasteiger partial charge in [-0.05, 0) is 12.1 Å². The standard InChI is InChI=1S/C11H11NO4/c1-15-11(13)10-7-9(12(14)16-10)8-5-3-2-4-6-8/h2-6,10H,7H2,1H3. The molecule has 0 saturated heterocycles. The molecule has 0 aromatic heterocycles. The summed E-state index contributed by atoms with van der Waals surface area (Å²) in [4.78, 5) is 16.4. The predicted molar refractivity (Wildman–Crippen MR) is 55.7 cm³/mol. The number of nitrogens with zero attached hydrogens (tertiary/aromatic N) is 1. The Morgan fingerprint density at radius 2 is 2.19 bits per heavy atom. The molecule has 0 radical (unpaired) electrons. The lowest BCUT2D eigenvalue weighted by molar-refractivity contribution is -0.737. The highest BCUT2D eigenvalue weighted by Gasteiger charge is 2.34. The van der Waals surface area contributed by atoms with Gasteiger partial charge in [0.25, 0.3) is 5.71 Å². The molecular formula is C11H11NO4. The van der Waals surface area contributed by atoms with Crippen LogP contribution < -0.4 is 0 Å². The van der Waals surface area contributed by atoms with Gasteiger partial charge in [0, 0.05) is 10.5 Å². The molecule has 0 N–H and O–H groups in total. The van der Waals surface area contributed by atoms with Gasteiger partial charge in [0.05, 0.1) is 13.5 Å². The van der Waals surface area contributed by atoms with Gasteiger partial charge < -0.3 is 9.57 Å². The zero-order valence-corrected chi connectivity index (χ0v) is 8.75. The Morgan fingerprint density at radius 3 is 2.81 bits per heavy atom. The second-order valence-corrected chi connectivity index (χ2v) is 3.39. The first-order chi connectivity index (χ1) is 7.72. The highest BCUT2D eigenvalue weighted by atomic mass is 16.9. The van der Waals surface area contributed by atoms with E-state index in [2.05, 4.69) is 4.74 Å². The van der Waals surface area contributed by atoms with Gasteiger partial charge in [-0.3, -0.25) is 10.0 Å². The minimum absolute atomic E-state index is 0.236. The van der Waals surface area contributed by atoms with E-state index in [4.69, 9.17) is 4.84 Å². The van der Waals surface area contributed by atoms with E-state index in [9.17, 15) is 10.0 Å². The van der Waals surface area contributed by atoms with Crippen molar-refractivity contribution in [1.82, 2.24) is 0 Å². The molecule has 5 heteroatoms. The maximum absolute atomic E-state index is 11.5. The van der Waals surface area contributed by atoms with Gasteiger partial charge in [-0.2, -0.15) is 0 Å². The van der Waals surface area contributed by atoms with E-state index in [1.165, 1.54) is 7.11 Å². The Hall–Kier alpha value is -2.04. The fourth-order valence-electron chi connectivity index (χ4n) is 1.58. The molecule has 0 fully saturated rings. The van der Waals surface area contributed by atoms with E-state index in [1.54, 1.807) is 12.1 Å². The Bertz CT molecular complexity index is 427. The molecule has 16 heavy (non-hydrogen) atoms. The van der Waals surface area contributed by atoms with Crippen molar-refractivity contribution in [2.45, 2.75) is 12.5 Å². The lowest BCUT2D eigenvalue weighted by atomic mass is 10.1. The van der Waals surface area contributed by atoms with E-state index < -0.39 is 12.1 Å². The summed E-state index contributed by atoms with van der Waals surface area (Å²) in [5.74, 6) is -0.535. The molecule has 5 nitrogen and oxygen atoms in total. The van der Waals surface area contributed by atoms with Gasteiger partial charge in [0.15, 0.2) is 6.10 Å². The number of ether oxygens (including phenoxy) is 1. The average Bonchev–Trinajstić information content (AvgIpc) is 2.71. The second kappa shape index (κ2) is 4.22. The van der Waals surface area contributed by atoms with Crippen molar-refractivity contribution in [1.29, 1.82) is 0 Å². The third-order valence-corrected chi connectivity index (χ3v) is 2.39. The number of rotatable bonds is 2. The van der Waals surface area contributed by atoms with Crippen molar-refractivity contribution in [3.05, 3.63) is 41.1 Å². The Labute approximate surface area is 92.4 Å². The summed E-state index contributed by atoms with van der Waals surface area (Å²) in [6, 6.07) is 9.09. The summed E-state index contributed by atoms with van der Waals surface area (Å²) in [6.45, 7) is 0. The van der Waals surface area contributed by atoms with Gasteiger partial charge in [0.1, 0.15) is 0 Å².